The van der Waals surface area contributed by atoms with Gasteiger partial charge in [-0.05, 0) is 17.5 Å². The lowest BCUT2D eigenvalue weighted by Gasteiger charge is -2.20. The minimum Gasteiger partial charge on any atom is -0.395 e. The molecule has 2 heterocycles. The number of carbonyl (C=O) groups is 1. The van der Waals surface area contributed by atoms with Crippen LogP contribution in [0.1, 0.15) is 9.67 Å². The zero-order valence-corrected chi connectivity index (χ0v) is 11.7. The first-order valence-electron chi connectivity index (χ1n) is 5.62. The Balaban J connectivity index is 2.13. The molecular weight excluding hydrogens is 270 g/mol. The van der Waals surface area contributed by atoms with Crippen molar-refractivity contribution in [3.8, 4) is 0 Å². The van der Waals surface area contributed by atoms with Gasteiger partial charge in [0.1, 0.15) is 0 Å². The number of methoxy groups -OCH3 is 1. The molecule has 1 N–H and O–H groups in total. The normalized spacial score (nSPS) is 11.0. The van der Waals surface area contributed by atoms with Gasteiger partial charge in [-0.15, -0.1) is 22.7 Å². The summed E-state index contributed by atoms with van der Waals surface area (Å²) in [6, 6.07) is 3.94. The van der Waals surface area contributed by atoms with Crippen molar-refractivity contribution < 1.29 is 14.6 Å². The Morgan fingerprint density at radius 3 is 2.94 bits per heavy atom. The monoisotopic (exact) mass is 285 g/mol. The maximum atomic E-state index is 12.3. The Morgan fingerprint density at radius 1 is 1.44 bits per heavy atom. The van der Waals surface area contributed by atoms with Crippen molar-refractivity contribution >= 4 is 38.0 Å². The highest BCUT2D eigenvalue weighted by Crippen LogP contribution is 2.30. The number of ether oxygens (including phenoxy) is 1. The first-order valence-corrected chi connectivity index (χ1v) is 7.32. The molecule has 0 aliphatic rings. The number of nitrogens with zero attached hydrogens (tertiary/aromatic N) is 1. The second kappa shape index (κ2) is 6.29. The zero-order chi connectivity index (χ0) is 13.0. The van der Waals surface area contributed by atoms with E-state index >= 15 is 0 Å². The highest BCUT2D eigenvalue weighted by molar-refractivity contribution is 7.27. The highest BCUT2D eigenvalue weighted by Gasteiger charge is 2.17. The number of carbonyl (C=O) groups excluding carboxylic acids is 1. The number of fused-ring (bicyclic) bond motifs is 1. The van der Waals surface area contributed by atoms with Crippen molar-refractivity contribution in [1.29, 1.82) is 0 Å². The summed E-state index contributed by atoms with van der Waals surface area (Å²) in [4.78, 5) is 14.6. The molecule has 4 nitrogen and oxygen atoms in total. The maximum Gasteiger partial charge on any atom is 0.264 e. The molecule has 2 rings (SSSR count). The third-order valence-electron chi connectivity index (χ3n) is 2.57. The molecule has 0 radical (unpaired) electrons. The second-order valence-corrected chi connectivity index (χ2v) is 5.80. The Bertz CT molecular complexity index is 492. The van der Waals surface area contributed by atoms with Crippen LogP contribution in [0.4, 0.5) is 0 Å². The fourth-order valence-corrected chi connectivity index (χ4v) is 3.74. The Labute approximate surface area is 113 Å². The number of hydrogen-bond acceptors (Lipinski definition) is 5. The fraction of sp³-hybridized carbons (Fsp3) is 0.417. The Hall–Kier alpha value is -0.950. The number of thiophene rings is 2. The van der Waals surface area contributed by atoms with Gasteiger partial charge in [-0.25, -0.2) is 0 Å². The first-order chi connectivity index (χ1) is 8.76. The van der Waals surface area contributed by atoms with Crippen molar-refractivity contribution in [2.75, 3.05) is 33.4 Å². The van der Waals surface area contributed by atoms with Crippen LogP contribution in [0.2, 0.25) is 0 Å². The van der Waals surface area contributed by atoms with Crippen LogP contribution in [0.5, 0.6) is 0 Å². The Morgan fingerprint density at radius 2 is 2.28 bits per heavy atom. The van der Waals surface area contributed by atoms with Crippen LogP contribution in [0.15, 0.2) is 17.5 Å². The van der Waals surface area contributed by atoms with Gasteiger partial charge in [0, 0.05) is 29.6 Å². The summed E-state index contributed by atoms with van der Waals surface area (Å²) < 4.78 is 7.25. The third kappa shape index (κ3) is 2.89. The van der Waals surface area contributed by atoms with Crippen molar-refractivity contribution in [2.24, 2.45) is 0 Å². The lowest BCUT2D eigenvalue weighted by atomic mass is 10.3. The van der Waals surface area contributed by atoms with Gasteiger partial charge in [0.25, 0.3) is 5.91 Å². The van der Waals surface area contributed by atoms with E-state index in [2.05, 4.69) is 0 Å². The fourth-order valence-electron chi connectivity index (χ4n) is 1.66. The molecule has 2 aromatic rings. The van der Waals surface area contributed by atoms with Gasteiger partial charge in [-0.2, -0.15) is 0 Å². The van der Waals surface area contributed by atoms with Crippen LogP contribution < -0.4 is 0 Å². The van der Waals surface area contributed by atoms with Crippen molar-refractivity contribution in [3.05, 3.63) is 22.4 Å². The smallest absolute Gasteiger partial charge is 0.264 e. The van der Waals surface area contributed by atoms with Crippen molar-refractivity contribution in [2.45, 2.75) is 0 Å². The van der Waals surface area contributed by atoms with E-state index in [0.29, 0.717) is 19.7 Å². The van der Waals surface area contributed by atoms with Gasteiger partial charge >= 0.3 is 0 Å². The molecule has 0 spiro atoms. The first kappa shape index (κ1) is 13.5. The second-order valence-electron chi connectivity index (χ2n) is 3.77. The number of aliphatic hydroxyl groups excluding tert-OH is 1. The minimum absolute atomic E-state index is 0.0325. The van der Waals surface area contributed by atoms with Gasteiger partial charge in [0.2, 0.25) is 0 Å². The van der Waals surface area contributed by atoms with Gasteiger partial charge < -0.3 is 14.7 Å². The topological polar surface area (TPSA) is 49.8 Å². The predicted molar refractivity (Wildman–Crippen MR) is 74.6 cm³/mol. The van der Waals surface area contributed by atoms with E-state index in [1.54, 1.807) is 23.3 Å². The predicted octanol–water partition coefficient (Wildman–Crippen LogP) is 2.04. The van der Waals surface area contributed by atoms with E-state index in [9.17, 15) is 4.79 Å². The number of aliphatic hydroxyl groups is 1. The molecule has 0 unspecified atom stereocenters. The molecule has 0 atom stereocenters. The molecule has 0 saturated heterocycles. The largest absolute Gasteiger partial charge is 0.395 e. The van der Waals surface area contributed by atoms with Crippen LogP contribution in [0.25, 0.3) is 9.40 Å². The maximum absolute atomic E-state index is 12.3. The summed E-state index contributed by atoms with van der Waals surface area (Å²) in [6.45, 7) is 1.29. The molecule has 0 aliphatic heterocycles. The van der Waals surface area contributed by atoms with Gasteiger partial charge in [-0.1, -0.05) is 0 Å². The number of rotatable bonds is 6. The molecule has 0 aliphatic carbocycles. The molecule has 1 amide bonds. The molecule has 6 heteroatoms. The van der Waals surface area contributed by atoms with E-state index in [4.69, 9.17) is 9.84 Å². The SMILES string of the molecule is COCCN(CCO)C(=O)c1cc2sccc2s1. The van der Waals surface area contributed by atoms with Gasteiger partial charge in [0.15, 0.2) is 0 Å². The molecule has 98 valence electrons. The highest BCUT2D eigenvalue weighted by atomic mass is 32.1. The summed E-state index contributed by atoms with van der Waals surface area (Å²) in [6.07, 6.45) is 0. The molecule has 2 aromatic heterocycles. The summed E-state index contributed by atoms with van der Waals surface area (Å²) in [5.41, 5.74) is 0. The third-order valence-corrected chi connectivity index (χ3v) is 4.65. The number of hydrogen-bond donors (Lipinski definition) is 1. The summed E-state index contributed by atoms with van der Waals surface area (Å²) in [5, 5.41) is 11.0. The van der Waals surface area contributed by atoms with E-state index < -0.39 is 0 Å². The molecular formula is C12H15NO3S2. The molecule has 0 aromatic carbocycles. The Kier molecular flexibility index (Phi) is 4.71. The summed E-state index contributed by atoms with van der Waals surface area (Å²) in [7, 11) is 1.60. The van der Waals surface area contributed by atoms with Gasteiger partial charge in [0.05, 0.1) is 18.1 Å². The zero-order valence-electron chi connectivity index (χ0n) is 10.1. The van der Waals surface area contributed by atoms with Crippen LogP contribution in [-0.2, 0) is 4.74 Å². The molecule has 0 fully saturated rings. The average molecular weight is 285 g/mol. The van der Waals surface area contributed by atoms with E-state index in [-0.39, 0.29) is 12.5 Å². The van der Waals surface area contributed by atoms with E-state index in [0.717, 1.165) is 14.3 Å². The summed E-state index contributed by atoms with van der Waals surface area (Å²) in [5.74, 6) is -0.0329. The molecule has 0 saturated carbocycles. The minimum atomic E-state index is -0.0329. The van der Waals surface area contributed by atoms with Crippen LogP contribution in [-0.4, -0.2) is 49.3 Å². The van der Waals surface area contributed by atoms with Crippen molar-refractivity contribution in [1.82, 2.24) is 4.90 Å². The van der Waals surface area contributed by atoms with Crippen LogP contribution >= 0.6 is 22.7 Å². The van der Waals surface area contributed by atoms with Crippen molar-refractivity contribution in [3.63, 3.8) is 0 Å². The quantitative estimate of drug-likeness (QED) is 0.883. The summed E-state index contributed by atoms with van der Waals surface area (Å²) >= 11 is 3.13. The van der Waals surface area contributed by atoms with E-state index in [1.807, 2.05) is 17.5 Å². The number of amides is 1. The lowest BCUT2D eigenvalue weighted by molar-refractivity contribution is 0.0661. The average Bonchev–Trinajstić information content (AvgIpc) is 2.94. The molecule has 18 heavy (non-hydrogen) atoms. The standard InChI is InChI=1S/C12H15NO3S2/c1-16-6-4-13(3-5-14)12(15)11-8-10-9(18-11)2-7-17-10/h2,7-8,14H,3-6H2,1H3. The van der Waals surface area contributed by atoms with Gasteiger partial charge in [-0.3, -0.25) is 4.79 Å². The van der Waals surface area contributed by atoms with E-state index in [1.165, 1.54) is 11.3 Å². The van der Waals surface area contributed by atoms with Crippen LogP contribution in [0.3, 0.4) is 0 Å². The molecule has 0 bridgehead atoms. The lowest BCUT2D eigenvalue weighted by Crippen LogP contribution is -2.35. The van der Waals surface area contributed by atoms with Crippen LogP contribution in [0, 0.1) is 0 Å².